The molecule has 0 spiro atoms. The second-order valence-corrected chi connectivity index (χ2v) is 6.88. The molecule has 1 unspecified atom stereocenters. The van der Waals surface area contributed by atoms with Crippen molar-refractivity contribution < 1.29 is 0 Å². The SMILES string of the molecule is CCCCCCC(C)(CCCCC)N1C=CSC=C1N. The van der Waals surface area contributed by atoms with E-state index in [9.17, 15) is 0 Å². The Morgan fingerprint density at radius 2 is 1.65 bits per heavy atom. The van der Waals surface area contributed by atoms with Crippen molar-refractivity contribution in [1.29, 1.82) is 0 Å². The van der Waals surface area contributed by atoms with Gasteiger partial charge in [0.2, 0.25) is 0 Å². The minimum Gasteiger partial charge on any atom is -0.385 e. The van der Waals surface area contributed by atoms with Gasteiger partial charge in [0.15, 0.2) is 0 Å². The summed E-state index contributed by atoms with van der Waals surface area (Å²) in [5, 5.41) is 4.20. The fraction of sp³-hybridized carbons (Fsp3) is 0.765. The van der Waals surface area contributed by atoms with Gasteiger partial charge in [0.05, 0.1) is 0 Å². The van der Waals surface area contributed by atoms with E-state index >= 15 is 0 Å². The van der Waals surface area contributed by atoms with Crippen LogP contribution >= 0.6 is 11.8 Å². The first-order valence-corrected chi connectivity index (χ1v) is 9.15. The summed E-state index contributed by atoms with van der Waals surface area (Å²) in [5.41, 5.74) is 6.40. The van der Waals surface area contributed by atoms with Crippen molar-refractivity contribution >= 4 is 11.8 Å². The van der Waals surface area contributed by atoms with Gasteiger partial charge >= 0.3 is 0 Å². The second kappa shape index (κ2) is 9.38. The van der Waals surface area contributed by atoms with E-state index in [2.05, 4.69) is 42.7 Å². The molecule has 2 N–H and O–H groups in total. The molecule has 0 aromatic rings. The summed E-state index contributed by atoms with van der Waals surface area (Å²) >= 11 is 1.67. The maximum absolute atomic E-state index is 6.21. The Labute approximate surface area is 129 Å². The molecule has 0 amide bonds. The fourth-order valence-electron chi connectivity index (χ4n) is 2.89. The molecule has 1 atom stereocenters. The lowest BCUT2D eigenvalue weighted by Gasteiger charge is -2.42. The largest absolute Gasteiger partial charge is 0.385 e. The maximum Gasteiger partial charge on any atom is 0.110 e. The van der Waals surface area contributed by atoms with Crippen LogP contribution < -0.4 is 5.73 Å². The lowest BCUT2D eigenvalue weighted by Crippen LogP contribution is -2.45. The Balaban J connectivity index is 2.64. The first-order valence-electron chi connectivity index (χ1n) is 8.21. The molecular formula is C17H32N2S. The zero-order chi connectivity index (χ0) is 14.8. The third-order valence-electron chi connectivity index (χ3n) is 4.22. The van der Waals surface area contributed by atoms with Crippen molar-refractivity contribution in [2.24, 2.45) is 5.73 Å². The lowest BCUT2D eigenvalue weighted by molar-refractivity contribution is 0.168. The molecule has 0 aliphatic carbocycles. The van der Waals surface area contributed by atoms with Crippen molar-refractivity contribution in [2.75, 3.05) is 0 Å². The minimum absolute atomic E-state index is 0.182. The first kappa shape index (κ1) is 17.5. The highest BCUT2D eigenvalue weighted by atomic mass is 32.2. The highest BCUT2D eigenvalue weighted by Crippen LogP contribution is 2.34. The Bertz CT molecular complexity index is 325. The summed E-state index contributed by atoms with van der Waals surface area (Å²) < 4.78 is 0. The van der Waals surface area contributed by atoms with Gasteiger partial charge in [0, 0.05) is 17.1 Å². The smallest absolute Gasteiger partial charge is 0.110 e. The highest BCUT2D eigenvalue weighted by Gasteiger charge is 2.31. The van der Waals surface area contributed by atoms with Gasteiger partial charge in [-0.1, -0.05) is 58.8 Å². The molecule has 1 aliphatic rings. The van der Waals surface area contributed by atoms with Gasteiger partial charge in [0.25, 0.3) is 0 Å². The topological polar surface area (TPSA) is 29.3 Å². The van der Waals surface area contributed by atoms with Gasteiger partial charge in [-0.3, -0.25) is 0 Å². The van der Waals surface area contributed by atoms with E-state index in [1.54, 1.807) is 11.8 Å². The monoisotopic (exact) mass is 296 g/mol. The predicted octanol–water partition coefficient (Wildman–Crippen LogP) is 5.57. The second-order valence-electron chi connectivity index (χ2n) is 6.10. The lowest BCUT2D eigenvalue weighted by atomic mass is 9.86. The van der Waals surface area contributed by atoms with Gasteiger partial charge in [-0.05, 0) is 25.2 Å². The zero-order valence-electron chi connectivity index (χ0n) is 13.5. The summed E-state index contributed by atoms with van der Waals surface area (Å²) in [6.07, 6.45) is 13.8. The summed E-state index contributed by atoms with van der Waals surface area (Å²) in [5.74, 6) is 0.909. The van der Waals surface area contributed by atoms with Crippen LogP contribution in [-0.4, -0.2) is 10.4 Å². The summed E-state index contributed by atoms with van der Waals surface area (Å²) in [6.45, 7) is 6.92. The zero-order valence-corrected chi connectivity index (χ0v) is 14.3. The molecule has 0 fully saturated rings. The van der Waals surface area contributed by atoms with E-state index in [-0.39, 0.29) is 5.54 Å². The molecular weight excluding hydrogens is 264 g/mol. The van der Waals surface area contributed by atoms with Crippen LogP contribution in [0, 0.1) is 0 Å². The number of rotatable bonds is 10. The number of nitrogens with two attached hydrogens (primary N) is 1. The van der Waals surface area contributed by atoms with Gasteiger partial charge in [-0.2, -0.15) is 0 Å². The molecule has 0 saturated carbocycles. The molecule has 0 aromatic carbocycles. The average molecular weight is 297 g/mol. The van der Waals surface area contributed by atoms with Crippen molar-refractivity contribution in [1.82, 2.24) is 4.90 Å². The fourth-order valence-corrected chi connectivity index (χ4v) is 3.42. The van der Waals surface area contributed by atoms with Gasteiger partial charge < -0.3 is 10.6 Å². The number of nitrogens with zero attached hydrogens (tertiary/aromatic N) is 1. The van der Waals surface area contributed by atoms with Crippen LogP contribution in [0.1, 0.15) is 78.6 Å². The Morgan fingerprint density at radius 1 is 1.05 bits per heavy atom. The molecule has 0 aromatic heterocycles. The van der Waals surface area contributed by atoms with E-state index in [1.165, 1.54) is 57.8 Å². The average Bonchev–Trinajstić information content (AvgIpc) is 2.44. The minimum atomic E-state index is 0.182. The molecule has 0 saturated heterocycles. The predicted molar refractivity (Wildman–Crippen MR) is 92.1 cm³/mol. The van der Waals surface area contributed by atoms with Gasteiger partial charge in [0.1, 0.15) is 5.82 Å². The molecule has 20 heavy (non-hydrogen) atoms. The van der Waals surface area contributed by atoms with Crippen molar-refractivity contribution in [2.45, 2.75) is 84.1 Å². The van der Waals surface area contributed by atoms with E-state index in [1.807, 2.05) is 0 Å². The van der Waals surface area contributed by atoms with E-state index < -0.39 is 0 Å². The number of thioether (sulfide) groups is 1. The normalized spacial score (nSPS) is 17.9. The summed E-state index contributed by atoms with van der Waals surface area (Å²) in [4.78, 5) is 2.31. The number of unbranched alkanes of at least 4 members (excludes halogenated alkanes) is 5. The van der Waals surface area contributed by atoms with Gasteiger partial charge in [-0.25, -0.2) is 0 Å². The van der Waals surface area contributed by atoms with Crippen molar-refractivity contribution in [3.05, 3.63) is 22.8 Å². The Kier molecular flexibility index (Phi) is 8.20. The molecule has 0 bridgehead atoms. The molecule has 0 radical (unpaired) electrons. The van der Waals surface area contributed by atoms with Crippen LogP contribution in [0.15, 0.2) is 22.8 Å². The third kappa shape index (κ3) is 5.43. The molecule has 2 nitrogen and oxygen atoms in total. The van der Waals surface area contributed by atoms with Crippen LogP contribution in [0.3, 0.4) is 0 Å². The van der Waals surface area contributed by atoms with Gasteiger partial charge in [-0.15, -0.1) is 11.8 Å². The molecule has 116 valence electrons. The summed E-state index contributed by atoms with van der Waals surface area (Å²) in [7, 11) is 0. The van der Waals surface area contributed by atoms with Crippen LogP contribution in [-0.2, 0) is 0 Å². The van der Waals surface area contributed by atoms with Crippen molar-refractivity contribution in [3.8, 4) is 0 Å². The highest BCUT2D eigenvalue weighted by molar-refractivity contribution is 8.04. The van der Waals surface area contributed by atoms with E-state index in [0.29, 0.717) is 0 Å². The molecule has 3 heteroatoms. The number of hydrogen-bond donors (Lipinski definition) is 1. The van der Waals surface area contributed by atoms with Crippen molar-refractivity contribution in [3.63, 3.8) is 0 Å². The van der Waals surface area contributed by atoms with E-state index in [4.69, 9.17) is 5.73 Å². The van der Waals surface area contributed by atoms with Crippen LogP contribution in [0.25, 0.3) is 0 Å². The molecule has 1 aliphatic heterocycles. The third-order valence-corrected chi connectivity index (χ3v) is 4.88. The maximum atomic E-state index is 6.21. The molecule has 1 rings (SSSR count). The molecule has 1 heterocycles. The quantitative estimate of drug-likeness (QED) is 0.534. The summed E-state index contributed by atoms with van der Waals surface area (Å²) in [6, 6.07) is 0. The van der Waals surface area contributed by atoms with E-state index in [0.717, 1.165) is 5.82 Å². The van der Waals surface area contributed by atoms with Crippen LogP contribution in [0.5, 0.6) is 0 Å². The van der Waals surface area contributed by atoms with Crippen LogP contribution in [0.4, 0.5) is 0 Å². The Hall–Kier alpha value is -0.570. The Morgan fingerprint density at radius 3 is 2.25 bits per heavy atom. The standard InChI is InChI=1S/C17H32N2S/c1-4-6-8-10-12-17(3,11-9-7-5-2)19-13-14-20-15-16(19)18/h13-15H,4-12,18H2,1-3H3. The van der Waals surface area contributed by atoms with Crippen LogP contribution in [0.2, 0.25) is 0 Å². The number of hydrogen-bond acceptors (Lipinski definition) is 3. The first-order chi connectivity index (χ1) is 9.64.